The minimum absolute atomic E-state index is 0.0689. The number of carbonyl (C=O) groups excluding carboxylic acids is 1. The summed E-state index contributed by atoms with van der Waals surface area (Å²) < 4.78 is 26.6. The third-order valence-corrected chi connectivity index (χ3v) is 2.86. The van der Waals surface area contributed by atoms with Crippen LogP contribution < -0.4 is 11.1 Å². The van der Waals surface area contributed by atoms with Crippen LogP contribution in [0.5, 0.6) is 0 Å². The summed E-state index contributed by atoms with van der Waals surface area (Å²) in [4.78, 5) is 15.8. The highest BCUT2D eigenvalue weighted by atomic mass is 35.5. The Balaban J connectivity index is 2.33. The van der Waals surface area contributed by atoms with E-state index in [2.05, 4.69) is 10.3 Å². The first-order chi connectivity index (χ1) is 9.38. The minimum atomic E-state index is -1.01. The topological polar surface area (TPSA) is 68.0 Å². The number of carbonyl (C=O) groups is 1. The van der Waals surface area contributed by atoms with Gasteiger partial charge in [0.2, 0.25) is 0 Å². The van der Waals surface area contributed by atoms with Crippen molar-refractivity contribution in [3.05, 3.63) is 52.3 Å². The number of rotatable bonds is 2. The minimum Gasteiger partial charge on any atom is -0.396 e. The van der Waals surface area contributed by atoms with Crippen LogP contribution in [0.15, 0.2) is 24.4 Å². The zero-order chi connectivity index (χ0) is 14.9. The zero-order valence-corrected chi connectivity index (χ0v) is 11.1. The second-order valence-electron chi connectivity index (χ2n) is 4.16. The van der Waals surface area contributed by atoms with Crippen LogP contribution in [0.1, 0.15) is 15.9 Å². The van der Waals surface area contributed by atoms with Gasteiger partial charge in [0, 0.05) is 12.3 Å². The summed E-state index contributed by atoms with van der Waals surface area (Å²) in [6, 6.07) is 3.06. The van der Waals surface area contributed by atoms with Gasteiger partial charge in [-0.25, -0.2) is 13.8 Å². The van der Waals surface area contributed by atoms with Gasteiger partial charge in [-0.15, -0.1) is 0 Å². The van der Waals surface area contributed by atoms with Crippen LogP contribution in [0.25, 0.3) is 0 Å². The molecule has 1 heterocycles. The highest BCUT2D eigenvalue weighted by molar-refractivity contribution is 6.32. The van der Waals surface area contributed by atoms with Crippen LogP contribution in [0.2, 0.25) is 5.15 Å². The standard InChI is InChI=1S/C13H10ClF2N3O/c1-6-2-11(12(14)18-5-6)19-13(20)7-3-10(17)9(16)4-8(7)15/h2-5H,17H2,1H3,(H,19,20). The van der Waals surface area contributed by atoms with E-state index in [-0.39, 0.29) is 22.1 Å². The van der Waals surface area contributed by atoms with Crippen molar-refractivity contribution in [1.29, 1.82) is 0 Å². The molecule has 4 nitrogen and oxygen atoms in total. The van der Waals surface area contributed by atoms with Gasteiger partial charge in [0.1, 0.15) is 11.6 Å². The zero-order valence-electron chi connectivity index (χ0n) is 10.4. The number of anilines is 2. The molecule has 3 N–H and O–H groups in total. The Bertz CT molecular complexity index is 692. The maximum Gasteiger partial charge on any atom is 0.258 e. The number of nitrogens with two attached hydrogens (primary N) is 1. The summed E-state index contributed by atoms with van der Waals surface area (Å²) in [6.07, 6.45) is 1.52. The lowest BCUT2D eigenvalue weighted by Crippen LogP contribution is -2.15. The number of nitrogens with one attached hydrogen (secondary N) is 1. The molecule has 104 valence electrons. The molecule has 0 aliphatic heterocycles. The quantitative estimate of drug-likeness (QED) is 0.661. The molecule has 0 fully saturated rings. The summed E-state index contributed by atoms with van der Waals surface area (Å²) in [5.74, 6) is -2.72. The molecule has 0 saturated carbocycles. The van der Waals surface area contributed by atoms with Gasteiger partial charge < -0.3 is 11.1 Å². The Labute approximate surface area is 118 Å². The van der Waals surface area contributed by atoms with Gasteiger partial charge >= 0.3 is 0 Å². The Morgan fingerprint density at radius 1 is 1.30 bits per heavy atom. The molecule has 2 aromatic rings. The number of nitrogens with zero attached hydrogens (tertiary/aromatic N) is 1. The smallest absolute Gasteiger partial charge is 0.258 e. The Morgan fingerprint density at radius 2 is 2.00 bits per heavy atom. The van der Waals surface area contributed by atoms with E-state index < -0.39 is 17.5 Å². The van der Waals surface area contributed by atoms with Crippen molar-refractivity contribution in [1.82, 2.24) is 4.98 Å². The molecule has 0 spiro atoms. The molecule has 1 amide bonds. The molecule has 0 radical (unpaired) electrons. The van der Waals surface area contributed by atoms with Crippen molar-refractivity contribution in [2.24, 2.45) is 0 Å². The van der Waals surface area contributed by atoms with Crippen molar-refractivity contribution >= 4 is 28.9 Å². The number of aryl methyl sites for hydroxylation is 1. The predicted octanol–water partition coefficient (Wildman–Crippen LogP) is 3.16. The SMILES string of the molecule is Cc1cnc(Cl)c(NC(=O)c2cc(N)c(F)cc2F)c1. The van der Waals surface area contributed by atoms with Gasteiger partial charge in [-0.1, -0.05) is 11.6 Å². The third-order valence-electron chi connectivity index (χ3n) is 2.55. The molecule has 1 aromatic carbocycles. The third kappa shape index (κ3) is 2.85. The molecular weight excluding hydrogens is 288 g/mol. The van der Waals surface area contributed by atoms with E-state index in [1.54, 1.807) is 13.0 Å². The van der Waals surface area contributed by atoms with Crippen molar-refractivity contribution in [3.8, 4) is 0 Å². The normalized spacial score (nSPS) is 10.4. The number of halogens is 3. The number of nitrogen functional groups attached to an aromatic ring is 1. The van der Waals surface area contributed by atoms with Crippen LogP contribution in [0, 0.1) is 18.6 Å². The Hall–Kier alpha value is -2.21. The lowest BCUT2D eigenvalue weighted by molar-refractivity contribution is 0.102. The van der Waals surface area contributed by atoms with Gasteiger partial charge in [-0.2, -0.15) is 0 Å². The van der Waals surface area contributed by atoms with Crippen molar-refractivity contribution in [2.45, 2.75) is 6.92 Å². The highest BCUT2D eigenvalue weighted by Gasteiger charge is 2.16. The van der Waals surface area contributed by atoms with Crippen molar-refractivity contribution < 1.29 is 13.6 Å². The lowest BCUT2D eigenvalue weighted by Gasteiger charge is -2.09. The Kier molecular flexibility index (Phi) is 3.85. The van der Waals surface area contributed by atoms with E-state index in [9.17, 15) is 13.6 Å². The molecule has 0 aliphatic carbocycles. The average molecular weight is 298 g/mol. The van der Waals surface area contributed by atoms with E-state index in [0.717, 1.165) is 11.6 Å². The average Bonchev–Trinajstić information content (AvgIpc) is 2.38. The molecule has 2 rings (SSSR count). The Morgan fingerprint density at radius 3 is 2.70 bits per heavy atom. The number of hydrogen-bond acceptors (Lipinski definition) is 3. The predicted molar refractivity (Wildman–Crippen MR) is 72.7 cm³/mol. The van der Waals surface area contributed by atoms with Gasteiger partial charge in [0.15, 0.2) is 5.15 Å². The summed E-state index contributed by atoms with van der Waals surface area (Å²) in [7, 11) is 0. The summed E-state index contributed by atoms with van der Waals surface area (Å²) in [6.45, 7) is 1.76. The molecule has 0 atom stereocenters. The number of aromatic nitrogens is 1. The fraction of sp³-hybridized carbons (Fsp3) is 0.0769. The lowest BCUT2D eigenvalue weighted by atomic mass is 10.1. The maximum atomic E-state index is 13.6. The summed E-state index contributed by atoms with van der Waals surface area (Å²) >= 11 is 5.82. The number of amides is 1. The van der Waals surface area contributed by atoms with Crippen LogP contribution in [-0.4, -0.2) is 10.9 Å². The van der Waals surface area contributed by atoms with Gasteiger partial charge in [0.25, 0.3) is 5.91 Å². The fourth-order valence-corrected chi connectivity index (χ4v) is 1.72. The van der Waals surface area contributed by atoms with E-state index in [4.69, 9.17) is 17.3 Å². The van der Waals surface area contributed by atoms with Crippen LogP contribution >= 0.6 is 11.6 Å². The van der Waals surface area contributed by atoms with E-state index in [0.29, 0.717) is 6.07 Å². The van der Waals surface area contributed by atoms with E-state index in [1.807, 2.05) is 0 Å². The summed E-state index contributed by atoms with van der Waals surface area (Å²) in [5.41, 5.74) is 5.63. The second kappa shape index (κ2) is 5.42. The largest absolute Gasteiger partial charge is 0.396 e. The van der Waals surface area contributed by atoms with Crippen LogP contribution in [0.3, 0.4) is 0 Å². The number of benzene rings is 1. The van der Waals surface area contributed by atoms with Gasteiger partial charge in [0.05, 0.1) is 16.9 Å². The molecule has 0 unspecified atom stereocenters. The fourth-order valence-electron chi connectivity index (χ4n) is 1.57. The monoisotopic (exact) mass is 297 g/mol. The second-order valence-corrected chi connectivity index (χ2v) is 4.52. The first-order valence-corrected chi connectivity index (χ1v) is 5.94. The highest BCUT2D eigenvalue weighted by Crippen LogP contribution is 2.22. The first kappa shape index (κ1) is 14.2. The first-order valence-electron chi connectivity index (χ1n) is 5.56. The molecule has 1 aromatic heterocycles. The molecule has 0 aliphatic rings. The van der Waals surface area contributed by atoms with Crippen LogP contribution in [-0.2, 0) is 0 Å². The molecule has 7 heteroatoms. The molecule has 0 bridgehead atoms. The van der Waals surface area contributed by atoms with Crippen LogP contribution in [0.4, 0.5) is 20.2 Å². The van der Waals surface area contributed by atoms with Crippen molar-refractivity contribution in [3.63, 3.8) is 0 Å². The van der Waals surface area contributed by atoms with Crippen molar-refractivity contribution in [2.75, 3.05) is 11.1 Å². The van der Waals surface area contributed by atoms with Gasteiger partial charge in [-0.05, 0) is 24.6 Å². The van der Waals surface area contributed by atoms with E-state index in [1.165, 1.54) is 6.20 Å². The molecule has 20 heavy (non-hydrogen) atoms. The van der Waals surface area contributed by atoms with E-state index >= 15 is 0 Å². The molecular formula is C13H10ClF2N3O. The molecule has 0 saturated heterocycles. The maximum absolute atomic E-state index is 13.6. The van der Waals surface area contributed by atoms with Gasteiger partial charge in [-0.3, -0.25) is 4.79 Å². The number of pyridine rings is 1. The summed E-state index contributed by atoms with van der Waals surface area (Å²) in [5, 5.41) is 2.47. The number of hydrogen-bond donors (Lipinski definition) is 2.